The van der Waals surface area contributed by atoms with E-state index >= 15 is 0 Å². The Morgan fingerprint density at radius 2 is 1.71 bits per heavy atom. The fraction of sp³-hybridized carbons (Fsp3) is 0.368. The minimum atomic E-state index is -2.45. The molecular weight excluding hydrogens is 625 g/mol. The molecular formula is C38H46N2O7Si. The van der Waals surface area contributed by atoms with Gasteiger partial charge in [0.15, 0.2) is 5.75 Å². The van der Waals surface area contributed by atoms with Gasteiger partial charge in [-0.05, 0) is 48.0 Å². The second-order valence-electron chi connectivity index (χ2n) is 12.9. The van der Waals surface area contributed by atoms with Crippen molar-refractivity contribution in [2.45, 2.75) is 50.7 Å². The largest absolute Gasteiger partial charge is 0.497 e. The van der Waals surface area contributed by atoms with Gasteiger partial charge in [-0.3, -0.25) is 14.2 Å². The number of carbonyl (C=O) groups excluding carboxylic acids is 1. The Kier molecular flexibility index (Phi) is 11.1. The number of benzene rings is 3. The number of carbonyl (C=O) groups is 1. The number of aromatic nitrogens is 1. The van der Waals surface area contributed by atoms with Crippen LogP contribution in [0.15, 0.2) is 95.9 Å². The molecule has 0 saturated carbocycles. The lowest BCUT2D eigenvalue weighted by Gasteiger charge is -2.46. The summed E-state index contributed by atoms with van der Waals surface area (Å²) in [5.41, 5.74) is 2.11. The van der Waals surface area contributed by atoms with Gasteiger partial charge in [-0.1, -0.05) is 67.7 Å². The average molecular weight is 671 g/mol. The van der Waals surface area contributed by atoms with Crippen molar-refractivity contribution >= 4 is 19.2 Å². The van der Waals surface area contributed by atoms with E-state index in [0.717, 1.165) is 16.9 Å². The summed E-state index contributed by atoms with van der Waals surface area (Å²) in [4.78, 5) is 29.0. The molecule has 3 aromatic carbocycles. The third-order valence-corrected chi connectivity index (χ3v) is 13.9. The summed E-state index contributed by atoms with van der Waals surface area (Å²) in [6, 6.07) is 27.1. The molecule has 0 fully saturated rings. The number of rotatable bonds is 13. The number of pyridine rings is 1. The van der Waals surface area contributed by atoms with Gasteiger partial charge < -0.3 is 29.0 Å². The van der Waals surface area contributed by atoms with E-state index in [4.69, 9.17) is 18.9 Å². The molecule has 9 nitrogen and oxygen atoms in total. The van der Waals surface area contributed by atoms with Crippen LogP contribution >= 0.6 is 0 Å². The fourth-order valence-electron chi connectivity index (χ4n) is 6.90. The van der Waals surface area contributed by atoms with Crippen molar-refractivity contribution in [3.05, 3.63) is 113 Å². The molecule has 1 amide bonds. The molecule has 5 rings (SSSR count). The molecule has 1 N–H and O–H groups in total. The lowest BCUT2D eigenvalue weighted by molar-refractivity contribution is -0.133. The molecule has 0 spiro atoms. The summed E-state index contributed by atoms with van der Waals surface area (Å²) < 4.78 is 25.3. The predicted molar refractivity (Wildman–Crippen MR) is 189 cm³/mol. The Labute approximate surface area is 283 Å². The SMILES string of the molecule is COc1ccc([Si](C)(C)C(CC(=O)N(CCO)Cc2ccccc2)[C@H]2Oc3ccc(-n4cccc(OC)c4=O)cc3[C@@H](OC)[C@@H]2C)cc1. The van der Waals surface area contributed by atoms with E-state index in [1.54, 1.807) is 42.0 Å². The van der Waals surface area contributed by atoms with Gasteiger partial charge in [0.1, 0.15) is 17.6 Å². The molecule has 10 heteroatoms. The van der Waals surface area contributed by atoms with Crippen LogP contribution in [0.4, 0.5) is 0 Å². The molecule has 4 atom stereocenters. The Balaban J connectivity index is 1.54. The molecule has 0 bridgehead atoms. The van der Waals surface area contributed by atoms with Crippen molar-refractivity contribution in [1.29, 1.82) is 0 Å². The number of nitrogens with zero attached hydrogens (tertiary/aromatic N) is 2. The van der Waals surface area contributed by atoms with Crippen LogP contribution in [0.1, 0.15) is 30.6 Å². The molecule has 0 saturated heterocycles. The number of hydrogen-bond acceptors (Lipinski definition) is 7. The smallest absolute Gasteiger partial charge is 0.297 e. The minimum Gasteiger partial charge on any atom is -0.497 e. The van der Waals surface area contributed by atoms with Crippen LogP contribution in [0.2, 0.25) is 18.6 Å². The monoisotopic (exact) mass is 670 g/mol. The highest BCUT2D eigenvalue weighted by molar-refractivity contribution is 6.91. The molecule has 0 aliphatic carbocycles. The van der Waals surface area contributed by atoms with Gasteiger partial charge in [-0.15, -0.1) is 0 Å². The maximum atomic E-state index is 14.2. The number of methoxy groups -OCH3 is 3. The topological polar surface area (TPSA) is 99.5 Å². The molecule has 0 radical (unpaired) electrons. The summed E-state index contributed by atoms with van der Waals surface area (Å²) in [7, 11) is 2.37. The van der Waals surface area contributed by atoms with Gasteiger partial charge in [0, 0.05) is 55.5 Å². The van der Waals surface area contributed by atoms with Gasteiger partial charge in [-0.25, -0.2) is 0 Å². The van der Waals surface area contributed by atoms with Crippen molar-refractivity contribution < 1.29 is 28.8 Å². The predicted octanol–water partition coefficient (Wildman–Crippen LogP) is 5.34. The van der Waals surface area contributed by atoms with E-state index in [0.29, 0.717) is 18.0 Å². The molecule has 254 valence electrons. The summed E-state index contributed by atoms with van der Waals surface area (Å²) in [5.74, 6) is 1.52. The number of ether oxygens (including phenoxy) is 4. The van der Waals surface area contributed by atoms with Crippen LogP contribution < -0.4 is 25.0 Å². The number of fused-ring (bicyclic) bond motifs is 1. The normalized spacial score (nSPS) is 17.9. The Bertz CT molecular complexity index is 1740. The summed E-state index contributed by atoms with van der Waals surface area (Å²) in [6.07, 6.45) is 1.25. The lowest BCUT2D eigenvalue weighted by atomic mass is 9.86. The highest BCUT2D eigenvalue weighted by Gasteiger charge is 2.48. The third-order valence-electron chi connectivity index (χ3n) is 9.71. The maximum Gasteiger partial charge on any atom is 0.297 e. The Morgan fingerprint density at radius 1 is 0.979 bits per heavy atom. The number of hydrogen-bond donors (Lipinski definition) is 1. The fourth-order valence-corrected chi connectivity index (χ4v) is 10.2. The van der Waals surface area contributed by atoms with Crippen LogP contribution in [0.5, 0.6) is 17.2 Å². The van der Waals surface area contributed by atoms with E-state index in [9.17, 15) is 14.7 Å². The van der Waals surface area contributed by atoms with Crippen LogP contribution in [0.25, 0.3) is 5.69 Å². The first-order valence-electron chi connectivity index (χ1n) is 16.3. The highest BCUT2D eigenvalue weighted by Crippen LogP contribution is 2.47. The molecule has 1 unspecified atom stereocenters. The quantitative estimate of drug-likeness (QED) is 0.192. The summed E-state index contributed by atoms with van der Waals surface area (Å²) in [6.45, 7) is 7.20. The van der Waals surface area contributed by atoms with Crippen LogP contribution in [-0.2, 0) is 16.1 Å². The first-order chi connectivity index (χ1) is 23.1. The maximum absolute atomic E-state index is 14.2. The number of aliphatic hydroxyl groups excluding tert-OH is 1. The van der Waals surface area contributed by atoms with Crippen molar-refractivity contribution in [3.8, 4) is 22.9 Å². The second-order valence-corrected chi connectivity index (χ2v) is 17.6. The second kappa shape index (κ2) is 15.2. The molecule has 4 aromatic rings. The Morgan fingerprint density at radius 3 is 2.35 bits per heavy atom. The van der Waals surface area contributed by atoms with Crippen molar-refractivity contribution in [2.24, 2.45) is 5.92 Å². The first-order valence-corrected chi connectivity index (χ1v) is 19.4. The van der Waals surface area contributed by atoms with E-state index in [2.05, 4.69) is 32.2 Å². The minimum absolute atomic E-state index is 0.0321. The van der Waals surface area contributed by atoms with Gasteiger partial charge in [-0.2, -0.15) is 0 Å². The molecule has 1 aliphatic rings. The first kappa shape index (κ1) is 34.9. The Hall–Kier alpha value is -4.38. The van der Waals surface area contributed by atoms with Crippen LogP contribution in [-0.4, -0.2) is 69.1 Å². The van der Waals surface area contributed by atoms with Crippen molar-refractivity contribution in [1.82, 2.24) is 9.47 Å². The summed E-state index contributed by atoms with van der Waals surface area (Å²) in [5, 5.41) is 11.1. The molecule has 1 aromatic heterocycles. The number of aliphatic hydroxyl groups is 1. The van der Waals surface area contributed by atoms with Crippen molar-refractivity contribution in [3.63, 3.8) is 0 Å². The van der Waals surface area contributed by atoms with Crippen LogP contribution in [0.3, 0.4) is 0 Å². The summed E-state index contributed by atoms with van der Waals surface area (Å²) >= 11 is 0. The van der Waals surface area contributed by atoms with E-state index < -0.39 is 8.07 Å². The number of amides is 1. The van der Waals surface area contributed by atoms with E-state index in [1.165, 1.54) is 12.3 Å². The highest BCUT2D eigenvalue weighted by atomic mass is 28.3. The zero-order valence-corrected chi connectivity index (χ0v) is 29.6. The van der Waals surface area contributed by atoms with Gasteiger partial charge in [0.05, 0.1) is 35.0 Å². The third kappa shape index (κ3) is 7.20. The van der Waals surface area contributed by atoms with Crippen LogP contribution in [0, 0.1) is 5.92 Å². The molecule has 48 heavy (non-hydrogen) atoms. The zero-order valence-electron chi connectivity index (χ0n) is 28.6. The van der Waals surface area contributed by atoms with Gasteiger partial charge in [0.25, 0.3) is 5.56 Å². The zero-order chi connectivity index (χ0) is 34.4. The van der Waals surface area contributed by atoms with Gasteiger partial charge in [0.2, 0.25) is 5.91 Å². The van der Waals surface area contributed by atoms with E-state index in [1.807, 2.05) is 60.7 Å². The lowest BCUT2D eigenvalue weighted by Crippen LogP contribution is -2.55. The van der Waals surface area contributed by atoms with Gasteiger partial charge >= 0.3 is 0 Å². The molecule has 1 aliphatic heterocycles. The standard InChI is InChI=1S/C38H46N2O7Si/c1-26-36(46-4)31-23-28(40-20-10-13-33(45-3)38(40)43)14-19-32(31)47-37(26)34(48(5,6)30-17-15-29(44-2)16-18-30)24-35(42)39(21-22-41)25-27-11-8-7-9-12-27/h7-20,23,26,34,36-37,41H,21-22,24-25H2,1-6H3/t26-,34?,36-,37-/m0/s1. The average Bonchev–Trinajstić information content (AvgIpc) is 3.10. The van der Waals surface area contributed by atoms with E-state index in [-0.39, 0.29) is 60.5 Å². The van der Waals surface area contributed by atoms with Crippen molar-refractivity contribution in [2.75, 3.05) is 34.5 Å². The molecule has 2 heterocycles.